The maximum absolute atomic E-state index is 14.4. The van der Waals surface area contributed by atoms with E-state index in [0.717, 1.165) is 0 Å². The topological polar surface area (TPSA) is 174 Å². The van der Waals surface area contributed by atoms with Crippen molar-refractivity contribution in [3.8, 4) is 0 Å². The summed E-state index contributed by atoms with van der Waals surface area (Å²) in [5.74, 6) is -5.05. The van der Waals surface area contributed by atoms with E-state index in [1.54, 1.807) is 46.8 Å². The van der Waals surface area contributed by atoms with E-state index in [2.05, 4.69) is 4.72 Å². The number of rotatable bonds is 14. The number of hydrogen-bond acceptors (Lipinski definition) is 10. The lowest BCUT2D eigenvalue weighted by Gasteiger charge is -2.29. The van der Waals surface area contributed by atoms with Gasteiger partial charge in [0.15, 0.2) is 11.6 Å². The molecule has 2 aliphatic heterocycles. The van der Waals surface area contributed by atoms with Crippen molar-refractivity contribution in [1.29, 1.82) is 0 Å². The molecular weight excluding hydrogens is 709 g/mol. The highest BCUT2D eigenvalue weighted by Crippen LogP contribution is 2.58. The fraction of sp³-hybridized carbons (Fsp3) is 0.632. The Morgan fingerprint density at radius 2 is 1.77 bits per heavy atom. The molecule has 15 heteroatoms. The number of ether oxygens (including phenoxy) is 2. The standard InChI is InChI=1S/C38H50FN3O10S/c1-7-25-17-38(25,35(47)40-53(49,50)28-11-12-28)18-32(44)31-16-27(51-36(48)41-19-23-9-8-10-30(39)29(23)21-41)20-42(31)34(46)24(14-26(43)13-22(2)3)15-33(45)52-37(4,5)6/h8-10,13,24-25,27-28,31H,7,11-12,14-21H2,1-6H3,(H,40,47)/t24-,25-,27-,31+,38-/m1/s1. The van der Waals surface area contributed by atoms with Gasteiger partial charge in [-0.1, -0.05) is 31.1 Å². The molecule has 0 bridgehead atoms. The van der Waals surface area contributed by atoms with Crippen molar-refractivity contribution in [3.05, 3.63) is 46.8 Å². The van der Waals surface area contributed by atoms with E-state index in [-0.39, 0.29) is 51.2 Å². The van der Waals surface area contributed by atoms with E-state index in [9.17, 15) is 41.6 Å². The van der Waals surface area contributed by atoms with Crippen LogP contribution in [0, 0.1) is 23.1 Å². The van der Waals surface area contributed by atoms with Crippen LogP contribution in [0.4, 0.5) is 9.18 Å². The van der Waals surface area contributed by atoms with Crippen LogP contribution in [0.1, 0.15) is 104 Å². The van der Waals surface area contributed by atoms with E-state index < -0.39 is 92.0 Å². The Labute approximate surface area is 310 Å². The van der Waals surface area contributed by atoms with Crippen molar-refractivity contribution in [2.45, 2.75) is 129 Å². The van der Waals surface area contributed by atoms with Gasteiger partial charge in [0.2, 0.25) is 21.8 Å². The van der Waals surface area contributed by atoms with Gasteiger partial charge in [-0.05, 0) is 77.5 Å². The van der Waals surface area contributed by atoms with E-state index in [1.165, 1.54) is 21.9 Å². The molecule has 2 heterocycles. The molecule has 2 saturated carbocycles. The van der Waals surface area contributed by atoms with E-state index in [4.69, 9.17) is 9.47 Å². The number of ketones is 2. The van der Waals surface area contributed by atoms with Gasteiger partial charge in [0.05, 0.1) is 42.1 Å². The van der Waals surface area contributed by atoms with Gasteiger partial charge in [-0.15, -0.1) is 0 Å². The summed E-state index contributed by atoms with van der Waals surface area (Å²) in [6.45, 7) is 10.1. The third-order valence-corrected chi connectivity index (χ3v) is 12.1. The van der Waals surface area contributed by atoms with Crippen molar-refractivity contribution in [2.24, 2.45) is 17.3 Å². The number of sulfonamides is 1. The number of halogens is 1. The lowest BCUT2D eigenvalue weighted by Crippen LogP contribution is -2.47. The average Bonchev–Trinajstić information content (AvgIpc) is 3.93. The monoisotopic (exact) mass is 759 g/mol. The van der Waals surface area contributed by atoms with Gasteiger partial charge in [-0.25, -0.2) is 17.6 Å². The van der Waals surface area contributed by atoms with Crippen LogP contribution in [0.15, 0.2) is 29.8 Å². The lowest BCUT2D eigenvalue weighted by atomic mass is 9.90. The highest BCUT2D eigenvalue weighted by atomic mass is 32.2. The predicted octanol–water partition coefficient (Wildman–Crippen LogP) is 4.50. The van der Waals surface area contributed by atoms with Crippen LogP contribution in [0.25, 0.3) is 0 Å². The number of nitrogens with one attached hydrogen (secondary N) is 1. The summed E-state index contributed by atoms with van der Waals surface area (Å²) in [4.78, 5) is 84.1. The number of amides is 3. The second kappa shape index (κ2) is 15.3. The number of allylic oxidation sites excluding steroid dienone is 2. The summed E-state index contributed by atoms with van der Waals surface area (Å²) in [5, 5.41) is -0.646. The zero-order valence-corrected chi connectivity index (χ0v) is 32.1. The summed E-state index contributed by atoms with van der Waals surface area (Å²) in [7, 11) is -3.89. The van der Waals surface area contributed by atoms with Gasteiger partial charge >= 0.3 is 12.1 Å². The SMILES string of the molecule is CC[C@@H]1C[C@]1(CC(=O)[C@@H]1C[C@@H](OC(=O)N2Cc3cccc(F)c3C2)CN1C(=O)[C@H](CC(=O)C=C(C)C)CC(=O)OC(C)(C)C)C(=O)NS(=O)(=O)C1CC1. The first-order valence-electron chi connectivity index (χ1n) is 18.2. The van der Waals surface area contributed by atoms with E-state index in [0.29, 0.717) is 36.0 Å². The summed E-state index contributed by atoms with van der Waals surface area (Å²) < 4.78 is 53.3. The smallest absolute Gasteiger partial charge is 0.410 e. The number of Topliss-reactive ketones (excluding diaryl/α,β-unsaturated/α-hetero) is 1. The molecule has 0 aromatic heterocycles. The first-order chi connectivity index (χ1) is 24.7. The number of nitrogens with zero attached hydrogens (tertiary/aromatic N) is 2. The van der Waals surface area contributed by atoms with Crippen LogP contribution >= 0.6 is 0 Å². The van der Waals surface area contributed by atoms with Gasteiger partial charge in [0.1, 0.15) is 17.5 Å². The van der Waals surface area contributed by atoms with E-state index >= 15 is 0 Å². The number of likely N-dealkylation sites (tertiary alicyclic amines) is 1. The summed E-state index contributed by atoms with van der Waals surface area (Å²) in [6, 6.07) is 3.35. The number of hydrogen-bond donors (Lipinski definition) is 1. The van der Waals surface area contributed by atoms with Gasteiger partial charge in [-0.3, -0.25) is 33.6 Å². The molecule has 290 valence electrons. The Morgan fingerprint density at radius 3 is 2.36 bits per heavy atom. The van der Waals surface area contributed by atoms with Crippen LogP contribution in [0.5, 0.6) is 0 Å². The lowest BCUT2D eigenvalue weighted by molar-refractivity contribution is -0.159. The van der Waals surface area contributed by atoms with Crippen LogP contribution < -0.4 is 4.72 Å². The van der Waals surface area contributed by atoms with Gasteiger partial charge in [0.25, 0.3) is 0 Å². The summed E-state index contributed by atoms with van der Waals surface area (Å²) in [5.41, 5.74) is -0.482. The summed E-state index contributed by atoms with van der Waals surface area (Å²) in [6.07, 6.45) is -0.0233. The van der Waals surface area contributed by atoms with Crippen molar-refractivity contribution in [2.75, 3.05) is 6.54 Å². The van der Waals surface area contributed by atoms with E-state index in [1.807, 2.05) is 6.92 Å². The molecule has 3 amide bonds. The third-order valence-electron chi connectivity index (χ3n) is 10.3. The second-order valence-electron chi connectivity index (χ2n) is 16.1. The molecule has 5 rings (SSSR count). The maximum atomic E-state index is 14.4. The molecule has 2 aliphatic carbocycles. The molecular formula is C38H50FN3O10S. The molecule has 1 saturated heterocycles. The Balaban J connectivity index is 1.40. The quantitative estimate of drug-likeness (QED) is 0.210. The molecule has 0 radical (unpaired) electrons. The number of carbonyl (C=O) groups excluding carboxylic acids is 6. The molecule has 1 N–H and O–H groups in total. The minimum Gasteiger partial charge on any atom is -0.460 e. The summed E-state index contributed by atoms with van der Waals surface area (Å²) >= 11 is 0. The highest BCUT2D eigenvalue weighted by Gasteiger charge is 2.61. The predicted molar refractivity (Wildman–Crippen MR) is 190 cm³/mol. The highest BCUT2D eigenvalue weighted by molar-refractivity contribution is 7.90. The molecule has 4 aliphatic rings. The first-order valence-corrected chi connectivity index (χ1v) is 19.8. The van der Waals surface area contributed by atoms with Crippen molar-refractivity contribution >= 4 is 45.5 Å². The fourth-order valence-electron chi connectivity index (χ4n) is 7.46. The first kappa shape index (κ1) is 40.1. The molecule has 53 heavy (non-hydrogen) atoms. The second-order valence-corrected chi connectivity index (χ2v) is 18.1. The van der Waals surface area contributed by atoms with Crippen molar-refractivity contribution in [3.63, 3.8) is 0 Å². The third kappa shape index (κ3) is 9.51. The maximum Gasteiger partial charge on any atom is 0.410 e. The van der Waals surface area contributed by atoms with Crippen LogP contribution in [0.2, 0.25) is 0 Å². The van der Waals surface area contributed by atoms with Gasteiger partial charge < -0.3 is 14.4 Å². The minimum atomic E-state index is -3.89. The Kier molecular flexibility index (Phi) is 11.6. The molecule has 0 spiro atoms. The van der Waals surface area contributed by atoms with Crippen LogP contribution in [-0.2, 0) is 56.6 Å². The average molecular weight is 760 g/mol. The van der Waals surface area contributed by atoms with Crippen LogP contribution in [0.3, 0.4) is 0 Å². The Bertz CT molecular complexity index is 1810. The van der Waals surface area contributed by atoms with Crippen LogP contribution in [-0.4, -0.2) is 83.2 Å². The zero-order valence-electron chi connectivity index (χ0n) is 31.2. The number of benzene rings is 1. The number of fused-ring (bicyclic) bond motifs is 1. The number of esters is 1. The molecule has 1 aromatic rings. The number of carbonyl (C=O) groups is 6. The fourth-order valence-corrected chi connectivity index (χ4v) is 8.85. The largest absolute Gasteiger partial charge is 0.460 e. The zero-order chi connectivity index (χ0) is 39.0. The van der Waals surface area contributed by atoms with Crippen molar-refractivity contribution in [1.82, 2.24) is 14.5 Å². The Hall–Kier alpha value is -4.14. The molecule has 5 atom stereocenters. The van der Waals surface area contributed by atoms with Gasteiger partial charge in [0, 0.05) is 31.4 Å². The molecule has 13 nitrogen and oxygen atoms in total. The van der Waals surface area contributed by atoms with Crippen molar-refractivity contribution < 1.29 is 51.0 Å². The molecule has 1 aromatic carbocycles. The minimum absolute atomic E-state index is 0.0250. The van der Waals surface area contributed by atoms with Gasteiger partial charge in [-0.2, -0.15) is 0 Å². The molecule has 0 unspecified atom stereocenters. The Morgan fingerprint density at radius 1 is 1.08 bits per heavy atom. The molecule has 3 fully saturated rings. The normalized spacial score (nSPS) is 24.2.